The van der Waals surface area contributed by atoms with Gasteiger partial charge in [-0.05, 0) is 24.1 Å². The lowest BCUT2D eigenvalue weighted by molar-refractivity contribution is 0.285. The van der Waals surface area contributed by atoms with Gasteiger partial charge in [0, 0.05) is 44.3 Å². The van der Waals surface area contributed by atoms with Crippen molar-refractivity contribution in [1.29, 1.82) is 5.26 Å². The van der Waals surface area contributed by atoms with Crippen molar-refractivity contribution < 1.29 is 0 Å². The number of thiazole rings is 1. The van der Waals surface area contributed by atoms with Gasteiger partial charge in [-0.25, -0.2) is 4.98 Å². The summed E-state index contributed by atoms with van der Waals surface area (Å²) >= 11 is 1.71. The van der Waals surface area contributed by atoms with Crippen LogP contribution in [0.25, 0.3) is 0 Å². The molecule has 3 rings (SSSR count). The highest BCUT2D eigenvalue weighted by Gasteiger charge is 2.16. The van der Waals surface area contributed by atoms with Crippen LogP contribution in [0, 0.1) is 11.3 Å². The second-order valence-corrected chi connectivity index (χ2v) is 6.12. The van der Waals surface area contributed by atoms with E-state index in [0.717, 1.165) is 49.8 Å². The molecule has 4 nitrogen and oxygen atoms in total. The van der Waals surface area contributed by atoms with E-state index in [-0.39, 0.29) is 0 Å². The van der Waals surface area contributed by atoms with Crippen molar-refractivity contribution >= 4 is 16.5 Å². The summed E-state index contributed by atoms with van der Waals surface area (Å²) in [6, 6.07) is 10.1. The first-order valence-electron chi connectivity index (χ1n) is 7.21. The highest BCUT2D eigenvalue weighted by molar-refractivity contribution is 7.13. The number of nitrogens with zero attached hydrogens (tertiary/aromatic N) is 4. The molecule has 1 aliphatic rings. The molecule has 0 spiro atoms. The fourth-order valence-electron chi connectivity index (χ4n) is 2.69. The summed E-state index contributed by atoms with van der Waals surface area (Å²) in [7, 11) is 0. The van der Waals surface area contributed by atoms with Crippen LogP contribution >= 0.6 is 11.3 Å². The number of hydrogen-bond donors (Lipinski definition) is 0. The largest absolute Gasteiger partial charge is 0.347 e. The second-order valence-electron chi connectivity index (χ2n) is 5.24. The molecular formula is C16H18N4S. The molecule has 0 unspecified atom stereocenters. The van der Waals surface area contributed by atoms with Crippen LogP contribution in [0.15, 0.2) is 35.8 Å². The van der Waals surface area contributed by atoms with Gasteiger partial charge >= 0.3 is 0 Å². The Labute approximate surface area is 129 Å². The molecular weight excluding hydrogens is 280 g/mol. The Morgan fingerprint density at radius 2 is 2.19 bits per heavy atom. The van der Waals surface area contributed by atoms with Gasteiger partial charge in [0.15, 0.2) is 5.13 Å². The fraction of sp³-hybridized carbons (Fsp3) is 0.375. The van der Waals surface area contributed by atoms with Crippen LogP contribution in [0.3, 0.4) is 0 Å². The van der Waals surface area contributed by atoms with E-state index in [0.29, 0.717) is 0 Å². The molecule has 1 aromatic heterocycles. The standard InChI is InChI=1S/C16H18N4S/c17-12-14-3-1-4-15(11-14)13-19-6-2-7-20(9-8-19)16-18-5-10-21-16/h1,3-5,10-11H,2,6-9,13H2. The Bertz CT molecular complexity index is 617. The lowest BCUT2D eigenvalue weighted by Gasteiger charge is -2.21. The molecule has 108 valence electrons. The summed E-state index contributed by atoms with van der Waals surface area (Å²) in [5.74, 6) is 0. The van der Waals surface area contributed by atoms with Crippen LogP contribution in [0.4, 0.5) is 5.13 Å². The van der Waals surface area contributed by atoms with E-state index >= 15 is 0 Å². The smallest absolute Gasteiger partial charge is 0.185 e. The molecule has 0 N–H and O–H groups in total. The molecule has 0 saturated carbocycles. The Balaban J connectivity index is 1.61. The van der Waals surface area contributed by atoms with Crippen molar-refractivity contribution in [3.63, 3.8) is 0 Å². The number of aromatic nitrogens is 1. The summed E-state index contributed by atoms with van der Waals surface area (Å²) in [4.78, 5) is 9.24. The zero-order valence-corrected chi connectivity index (χ0v) is 12.7. The predicted octanol–water partition coefficient (Wildman–Crippen LogP) is 2.73. The SMILES string of the molecule is N#Cc1cccc(CN2CCCN(c3nccs3)CC2)c1. The summed E-state index contributed by atoms with van der Waals surface area (Å²) in [5, 5.41) is 12.1. The molecule has 0 radical (unpaired) electrons. The van der Waals surface area contributed by atoms with E-state index in [1.807, 2.05) is 29.8 Å². The highest BCUT2D eigenvalue weighted by atomic mass is 32.1. The van der Waals surface area contributed by atoms with Gasteiger partial charge in [-0.2, -0.15) is 5.26 Å². The van der Waals surface area contributed by atoms with Gasteiger partial charge in [0.1, 0.15) is 0 Å². The molecule has 1 aliphatic heterocycles. The summed E-state index contributed by atoms with van der Waals surface area (Å²) < 4.78 is 0. The average Bonchev–Trinajstić information content (AvgIpc) is 2.95. The normalized spacial score (nSPS) is 16.4. The number of nitriles is 1. The molecule has 21 heavy (non-hydrogen) atoms. The van der Waals surface area contributed by atoms with Crippen LogP contribution in [-0.2, 0) is 6.54 Å². The van der Waals surface area contributed by atoms with Crippen molar-refractivity contribution in [2.24, 2.45) is 0 Å². The van der Waals surface area contributed by atoms with Gasteiger partial charge in [-0.15, -0.1) is 11.3 Å². The van der Waals surface area contributed by atoms with Crippen LogP contribution in [0.1, 0.15) is 17.5 Å². The molecule has 1 fully saturated rings. The first-order valence-corrected chi connectivity index (χ1v) is 8.09. The maximum atomic E-state index is 8.98. The lowest BCUT2D eigenvalue weighted by atomic mass is 10.1. The van der Waals surface area contributed by atoms with E-state index in [1.165, 1.54) is 5.56 Å². The molecule has 1 aromatic carbocycles. The van der Waals surface area contributed by atoms with E-state index in [4.69, 9.17) is 5.26 Å². The predicted molar refractivity (Wildman–Crippen MR) is 85.4 cm³/mol. The van der Waals surface area contributed by atoms with Gasteiger partial charge in [0.05, 0.1) is 11.6 Å². The van der Waals surface area contributed by atoms with E-state index in [9.17, 15) is 0 Å². The van der Waals surface area contributed by atoms with Gasteiger partial charge in [-0.1, -0.05) is 12.1 Å². The summed E-state index contributed by atoms with van der Waals surface area (Å²) in [5.41, 5.74) is 1.96. The quantitative estimate of drug-likeness (QED) is 0.874. The number of anilines is 1. The Hall–Kier alpha value is -1.90. The molecule has 0 bridgehead atoms. The molecule has 2 heterocycles. The van der Waals surface area contributed by atoms with Gasteiger partial charge in [-0.3, -0.25) is 4.90 Å². The Morgan fingerprint density at radius 1 is 1.24 bits per heavy atom. The molecule has 0 amide bonds. The number of hydrogen-bond acceptors (Lipinski definition) is 5. The summed E-state index contributed by atoms with van der Waals surface area (Å²) in [6.45, 7) is 5.14. The van der Waals surface area contributed by atoms with E-state index in [2.05, 4.69) is 26.9 Å². The average molecular weight is 298 g/mol. The first-order chi connectivity index (χ1) is 10.3. The van der Waals surface area contributed by atoms with Crippen LogP contribution < -0.4 is 4.90 Å². The van der Waals surface area contributed by atoms with Crippen molar-refractivity contribution in [3.8, 4) is 6.07 Å². The van der Waals surface area contributed by atoms with Crippen molar-refractivity contribution in [2.75, 3.05) is 31.1 Å². The maximum absolute atomic E-state index is 8.98. The first kappa shape index (κ1) is 14.1. The minimum absolute atomic E-state index is 0.742. The number of benzene rings is 1. The number of rotatable bonds is 3. The third-order valence-electron chi connectivity index (χ3n) is 3.74. The molecule has 0 aliphatic carbocycles. The molecule has 2 aromatic rings. The third-order valence-corrected chi connectivity index (χ3v) is 4.57. The minimum Gasteiger partial charge on any atom is -0.347 e. The summed E-state index contributed by atoms with van der Waals surface area (Å²) in [6.07, 6.45) is 3.02. The van der Waals surface area contributed by atoms with Crippen LogP contribution in [-0.4, -0.2) is 36.1 Å². The zero-order valence-electron chi connectivity index (χ0n) is 11.9. The zero-order chi connectivity index (χ0) is 14.5. The van der Waals surface area contributed by atoms with Crippen molar-refractivity contribution in [1.82, 2.24) is 9.88 Å². The van der Waals surface area contributed by atoms with Crippen LogP contribution in [0.5, 0.6) is 0 Å². The van der Waals surface area contributed by atoms with E-state index < -0.39 is 0 Å². The fourth-order valence-corrected chi connectivity index (χ4v) is 3.39. The molecule has 5 heteroatoms. The van der Waals surface area contributed by atoms with Crippen molar-refractivity contribution in [2.45, 2.75) is 13.0 Å². The molecule has 1 saturated heterocycles. The van der Waals surface area contributed by atoms with Crippen molar-refractivity contribution in [3.05, 3.63) is 47.0 Å². The van der Waals surface area contributed by atoms with Gasteiger partial charge < -0.3 is 4.90 Å². The Kier molecular flexibility index (Phi) is 4.49. The third kappa shape index (κ3) is 3.60. The van der Waals surface area contributed by atoms with E-state index in [1.54, 1.807) is 11.3 Å². The monoisotopic (exact) mass is 298 g/mol. The Morgan fingerprint density at radius 3 is 3.00 bits per heavy atom. The minimum atomic E-state index is 0.742. The highest BCUT2D eigenvalue weighted by Crippen LogP contribution is 2.19. The van der Waals surface area contributed by atoms with Gasteiger partial charge in [0.25, 0.3) is 0 Å². The molecule has 0 atom stereocenters. The van der Waals surface area contributed by atoms with Gasteiger partial charge in [0.2, 0.25) is 0 Å². The lowest BCUT2D eigenvalue weighted by Crippen LogP contribution is -2.30. The topological polar surface area (TPSA) is 43.2 Å². The van der Waals surface area contributed by atoms with Crippen LogP contribution in [0.2, 0.25) is 0 Å². The maximum Gasteiger partial charge on any atom is 0.185 e. The second kappa shape index (κ2) is 6.70.